The van der Waals surface area contributed by atoms with Crippen molar-refractivity contribution >= 4 is 27.5 Å². The summed E-state index contributed by atoms with van der Waals surface area (Å²) >= 11 is 1.73. The molecule has 0 amide bonds. The molecule has 0 spiro atoms. The first-order valence-electron chi connectivity index (χ1n) is 12.8. The van der Waals surface area contributed by atoms with Crippen LogP contribution < -0.4 is 0 Å². The van der Waals surface area contributed by atoms with Gasteiger partial charge < -0.3 is 0 Å². The predicted molar refractivity (Wildman–Crippen MR) is 157 cm³/mol. The number of thiophene rings is 1. The van der Waals surface area contributed by atoms with Crippen molar-refractivity contribution in [1.82, 2.24) is 0 Å². The molecule has 0 aliphatic heterocycles. The average Bonchev–Trinajstić information content (AvgIpc) is 3.15. The molecule has 0 fully saturated rings. The van der Waals surface area contributed by atoms with Gasteiger partial charge in [0.05, 0.1) is 9.75 Å². The average molecular weight is 495 g/mol. The molecule has 0 saturated heterocycles. The normalized spacial score (nSPS) is 12.5. The molecule has 0 nitrogen and oxygen atoms in total. The summed E-state index contributed by atoms with van der Waals surface area (Å²) in [4.78, 5) is 2.25. The highest BCUT2D eigenvalue weighted by molar-refractivity contribution is 7.13. The van der Waals surface area contributed by atoms with E-state index in [2.05, 4.69) is 122 Å². The monoisotopic (exact) mass is 494 g/mol. The Labute approximate surface area is 212 Å². The van der Waals surface area contributed by atoms with Crippen LogP contribution in [0.15, 0.2) is 23.3 Å². The highest BCUT2D eigenvalue weighted by Gasteiger charge is 2.41. The van der Waals surface area contributed by atoms with Crippen LogP contribution in [-0.2, 0) is 0 Å². The van der Waals surface area contributed by atoms with Crippen molar-refractivity contribution < 1.29 is 0 Å². The van der Waals surface area contributed by atoms with Gasteiger partial charge in [0.15, 0.2) is 0 Å². The van der Waals surface area contributed by atoms with Gasteiger partial charge in [-0.25, -0.2) is 0 Å². The topological polar surface area (TPSA) is 0 Å². The van der Waals surface area contributed by atoms with E-state index in [0.29, 0.717) is 16.6 Å². The first kappa shape index (κ1) is 29.6. The molecule has 33 heavy (non-hydrogen) atoms. The van der Waals surface area contributed by atoms with E-state index >= 15 is 0 Å². The van der Waals surface area contributed by atoms with E-state index in [1.54, 1.807) is 11.3 Å². The summed E-state index contributed by atoms with van der Waals surface area (Å²) < 4.78 is 0. The van der Waals surface area contributed by atoms with Crippen LogP contribution in [0.5, 0.6) is 0 Å². The van der Waals surface area contributed by atoms with E-state index in [9.17, 15) is 0 Å². The summed E-state index contributed by atoms with van der Waals surface area (Å²) in [7, 11) is -3.11. The lowest BCUT2D eigenvalue weighted by atomic mass is 10.0. The minimum absolute atomic E-state index is 0.653. The molecule has 1 aromatic rings. The van der Waals surface area contributed by atoms with Crippen molar-refractivity contribution in [3.05, 3.63) is 33.0 Å². The number of hydrogen-bond donors (Lipinski definition) is 0. The fourth-order valence-electron chi connectivity index (χ4n) is 4.55. The van der Waals surface area contributed by atoms with Crippen molar-refractivity contribution in [3.63, 3.8) is 0 Å². The molecule has 0 aliphatic rings. The van der Waals surface area contributed by atoms with Crippen LogP contribution in [0, 0.1) is 34.8 Å². The van der Waals surface area contributed by atoms with E-state index in [1.165, 1.54) is 11.1 Å². The Kier molecular flexibility index (Phi) is 12.1. The fourth-order valence-corrected chi connectivity index (χ4v) is 11.1. The highest BCUT2D eigenvalue weighted by atomic mass is 32.1. The van der Waals surface area contributed by atoms with Crippen molar-refractivity contribution in [2.75, 3.05) is 0 Å². The third kappa shape index (κ3) is 9.02. The van der Waals surface area contributed by atoms with Crippen molar-refractivity contribution in [1.29, 1.82) is 0 Å². The minimum Gasteiger partial charge on any atom is -0.127 e. The van der Waals surface area contributed by atoms with E-state index < -0.39 is 16.1 Å². The highest BCUT2D eigenvalue weighted by Crippen LogP contribution is 2.40. The van der Waals surface area contributed by atoms with Crippen LogP contribution in [0.25, 0.3) is 0 Å². The Morgan fingerprint density at radius 3 is 1.61 bits per heavy atom. The van der Waals surface area contributed by atoms with Gasteiger partial charge in [0.2, 0.25) is 0 Å². The zero-order valence-corrected chi connectivity index (χ0v) is 25.9. The van der Waals surface area contributed by atoms with Gasteiger partial charge in [0.1, 0.15) is 16.1 Å². The third-order valence-corrected chi connectivity index (χ3v) is 14.2. The fraction of sp³-hybridized carbons (Fsp3) is 0.600. The first-order chi connectivity index (χ1) is 15.4. The van der Waals surface area contributed by atoms with E-state index in [4.69, 9.17) is 0 Å². The van der Waals surface area contributed by atoms with Crippen molar-refractivity contribution in [2.24, 2.45) is 0 Å². The summed E-state index contributed by atoms with van der Waals surface area (Å²) in [5, 5.41) is 0. The van der Waals surface area contributed by atoms with Crippen molar-refractivity contribution in [3.8, 4) is 34.8 Å². The second-order valence-electron chi connectivity index (χ2n) is 11.0. The predicted octanol–water partition coefficient (Wildman–Crippen LogP) is 9.45. The first-order valence-corrected chi connectivity index (χ1v) is 19.3. The molecule has 180 valence electrons. The maximum absolute atomic E-state index is 3.84. The molecule has 0 radical (unpaired) electrons. The second-order valence-corrected chi connectivity index (χ2v) is 22.4. The van der Waals surface area contributed by atoms with Gasteiger partial charge in [-0.1, -0.05) is 112 Å². The zero-order valence-electron chi connectivity index (χ0n) is 23.1. The maximum Gasteiger partial charge on any atom is 0.146 e. The Morgan fingerprint density at radius 2 is 1.18 bits per heavy atom. The Balaban J connectivity index is 3.35. The molecule has 0 aromatic carbocycles. The van der Waals surface area contributed by atoms with E-state index in [-0.39, 0.29) is 0 Å². The number of hydrogen-bond acceptors (Lipinski definition) is 1. The zero-order chi connectivity index (χ0) is 25.2. The van der Waals surface area contributed by atoms with Gasteiger partial charge in [0.25, 0.3) is 0 Å². The SMILES string of the molecule is CCC/C(C#Cc1ccc(C#C[Si](C(C)C)(C(C)C)C(C)C)s1)=C(\C#C[Si](C)(C)C)CCC. The summed E-state index contributed by atoms with van der Waals surface area (Å²) in [6, 6.07) is 4.30. The summed E-state index contributed by atoms with van der Waals surface area (Å²) in [6.45, 7) is 25.6. The number of allylic oxidation sites excluding steroid dienone is 2. The molecule has 0 aliphatic carbocycles. The molecular formula is C30H46SSi2. The molecule has 1 heterocycles. The quantitative estimate of drug-likeness (QED) is 0.261. The lowest BCUT2D eigenvalue weighted by Gasteiger charge is -2.38. The smallest absolute Gasteiger partial charge is 0.127 e. The van der Waals surface area contributed by atoms with E-state index in [1.807, 2.05) is 0 Å². The van der Waals surface area contributed by atoms with Gasteiger partial charge >= 0.3 is 0 Å². The van der Waals surface area contributed by atoms with Crippen LogP contribution in [0.2, 0.25) is 36.3 Å². The second kappa shape index (κ2) is 13.4. The van der Waals surface area contributed by atoms with Gasteiger partial charge in [0, 0.05) is 11.1 Å². The molecule has 0 bridgehead atoms. The molecule has 0 atom stereocenters. The molecule has 0 N–H and O–H groups in total. The third-order valence-electron chi connectivity index (χ3n) is 6.16. The van der Waals surface area contributed by atoms with Crippen LogP contribution in [0.1, 0.15) is 90.8 Å². The largest absolute Gasteiger partial charge is 0.146 e. The molecule has 3 heteroatoms. The van der Waals surface area contributed by atoms with Crippen LogP contribution in [0.3, 0.4) is 0 Å². The van der Waals surface area contributed by atoms with Gasteiger partial charge in [-0.05, 0) is 41.6 Å². The minimum atomic E-state index is -1.71. The standard InChI is InChI=1S/C30H46SSi2/c1-12-14-27(28(15-13-2)20-22-32(9,10)11)16-17-29-18-19-30(31-29)21-23-33(24(3)4,25(5)6)26(7)8/h18-19,24-26H,12-15H2,1-11H3/b28-27+. The van der Waals surface area contributed by atoms with Crippen LogP contribution >= 0.6 is 11.3 Å². The molecule has 0 saturated carbocycles. The van der Waals surface area contributed by atoms with Gasteiger partial charge in [-0.3, -0.25) is 0 Å². The molecular weight excluding hydrogens is 449 g/mol. The summed E-state index contributed by atoms with van der Waals surface area (Å²) in [6.07, 6.45) is 4.23. The Bertz CT molecular complexity index is 958. The lowest BCUT2D eigenvalue weighted by molar-refractivity contribution is 0.838. The molecule has 0 unspecified atom stereocenters. The summed E-state index contributed by atoms with van der Waals surface area (Å²) in [5.74, 6) is 14.1. The molecule has 1 aromatic heterocycles. The summed E-state index contributed by atoms with van der Waals surface area (Å²) in [5.41, 5.74) is 11.8. The van der Waals surface area contributed by atoms with Crippen molar-refractivity contribution in [2.45, 2.75) is 117 Å². The number of rotatable bonds is 7. The van der Waals surface area contributed by atoms with Crippen LogP contribution in [-0.4, -0.2) is 16.1 Å². The van der Waals surface area contributed by atoms with Crippen LogP contribution in [0.4, 0.5) is 0 Å². The van der Waals surface area contributed by atoms with Gasteiger partial charge in [-0.2, -0.15) is 0 Å². The van der Waals surface area contributed by atoms with E-state index in [0.717, 1.165) is 35.4 Å². The Hall–Kier alpha value is -1.45. The Morgan fingerprint density at radius 1 is 0.727 bits per heavy atom. The lowest BCUT2D eigenvalue weighted by Crippen LogP contribution is -2.43. The molecule has 1 rings (SSSR count). The maximum atomic E-state index is 3.84. The van der Waals surface area contributed by atoms with Gasteiger partial charge in [-0.15, -0.1) is 22.4 Å².